The van der Waals surface area contributed by atoms with Gasteiger partial charge in [0.2, 0.25) is 5.79 Å². The average Bonchev–Trinajstić information content (AvgIpc) is 2.97. The topological polar surface area (TPSA) is 55.8 Å². The Morgan fingerprint density at radius 1 is 1.36 bits per heavy atom. The molecular weight excluding hydrogens is 348 g/mol. The number of fused-ring (bicyclic) bond motifs is 5. The Morgan fingerprint density at radius 2 is 2.14 bits per heavy atom. The SMILES string of the molecule is COC(=O)[C@]12CCC[C@@]1(O)Oc1c(Br)cc3ccccc3c12. The maximum atomic E-state index is 12.7. The Balaban J connectivity index is 2.14. The lowest BCUT2D eigenvalue weighted by Crippen LogP contribution is -2.52. The van der Waals surface area contributed by atoms with Crippen LogP contribution in [0.2, 0.25) is 0 Å². The highest BCUT2D eigenvalue weighted by Crippen LogP contribution is 2.61. The summed E-state index contributed by atoms with van der Waals surface area (Å²) in [7, 11) is 1.36. The number of ether oxygens (including phenoxy) is 2. The van der Waals surface area contributed by atoms with Crippen LogP contribution in [0.25, 0.3) is 10.8 Å². The molecule has 0 spiro atoms. The Bertz CT molecular complexity index is 803. The van der Waals surface area contributed by atoms with Crippen LogP contribution in [0.1, 0.15) is 24.8 Å². The van der Waals surface area contributed by atoms with Crippen LogP contribution in [0.15, 0.2) is 34.8 Å². The lowest BCUT2D eigenvalue weighted by Gasteiger charge is -2.32. The highest BCUT2D eigenvalue weighted by molar-refractivity contribution is 9.10. The molecule has 2 atom stereocenters. The molecule has 1 aliphatic carbocycles. The third kappa shape index (κ3) is 1.48. The van der Waals surface area contributed by atoms with Crippen molar-refractivity contribution in [1.82, 2.24) is 0 Å². The number of carbonyl (C=O) groups excluding carboxylic acids is 1. The van der Waals surface area contributed by atoms with Crippen LogP contribution in [0.5, 0.6) is 5.75 Å². The van der Waals surface area contributed by atoms with E-state index in [0.717, 1.165) is 20.8 Å². The Morgan fingerprint density at radius 3 is 2.91 bits per heavy atom. The van der Waals surface area contributed by atoms with Crippen molar-refractivity contribution in [3.8, 4) is 5.75 Å². The predicted molar refractivity (Wildman–Crippen MR) is 84.8 cm³/mol. The van der Waals surface area contributed by atoms with Gasteiger partial charge in [-0.3, -0.25) is 4.79 Å². The van der Waals surface area contributed by atoms with Gasteiger partial charge in [-0.05, 0) is 45.6 Å². The van der Waals surface area contributed by atoms with Crippen molar-refractivity contribution in [2.75, 3.05) is 7.11 Å². The molecule has 22 heavy (non-hydrogen) atoms. The Kier molecular flexibility index (Phi) is 2.84. The van der Waals surface area contributed by atoms with Gasteiger partial charge in [-0.2, -0.15) is 0 Å². The van der Waals surface area contributed by atoms with Crippen LogP contribution in [-0.4, -0.2) is 24.0 Å². The number of hydrogen-bond donors (Lipinski definition) is 1. The maximum absolute atomic E-state index is 12.7. The minimum Gasteiger partial charge on any atom is -0.468 e. The highest BCUT2D eigenvalue weighted by Gasteiger charge is 2.68. The van der Waals surface area contributed by atoms with Crippen molar-refractivity contribution in [2.45, 2.75) is 30.5 Å². The fraction of sp³-hybridized carbons (Fsp3) is 0.353. The number of esters is 1. The molecule has 1 aliphatic heterocycles. The summed E-state index contributed by atoms with van der Waals surface area (Å²) in [6.07, 6.45) is 1.65. The zero-order chi connectivity index (χ0) is 15.5. The van der Waals surface area contributed by atoms with E-state index in [1.165, 1.54) is 7.11 Å². The van der Waals surface area contributed by atoms with Crippen molar-refractivity contribution in [2.24, 2.45) is 0 Å². The van der Waals surface area contributed by atoms with Gasteiger partial charge in [0.05, 0.1) is 11.6 Å². The van der Waals surface area contributed by atoms with E-state index in [-0.39, 0.29) is 0 Å². The second-order valence-corrected chi connectivity index (χ2v) is 6.77. The van der Waals surface area contributed by atoms with Crippen LogP contribution in [-0.2, 0) is 14.9 Å². The average molecular weight is 363 g/mol. The first-order valence-corrected chi connectivity index (χ1v) is 8.04. The summed E-state index contributed by atoms with van der Waals surface area (Å²) >= 11 is 3.51. The molecule has 4 rings (SSSR count). The molecule has 0 unspecified atom stereocenters. The van der Waals surface area contributed by atoms with Crippen LogP contribution < -0.4 is 4.74 Å². The van der Waals surface area contributed by atoms with Gasteiger partial charge in [0.25, 0.3) is 0 Å². The standard InChI is InChI=1S/C17H15BrO4/c1-21-15(19)16-7-4-8-17(16,20)22-14-12(18)9-10-5-2-3-6-11(10)13(14)16/h2-3,5-6,9,20H,4,7-8H2,1H3/t16-,17-/m1/s1. The Hall–Kier alpha value is -1.59. The number of hydrogen-bond acceptors (Lipinski definition) is 4. The van der Waals surface area contributed by atoms with Gasteiger partial charge < -0.3 is 14.6 Å². The molecule has 0 radical (unpaired) electrons. The highest BCUT2D eigenvalue weighted by atomic mass is 79.9. The zero-order valence-corrected chi connectivity index (χ0v) is 13.6. The van der Waals surface area contributed by atoms with E-state index in [1.807, 2.05) is 30.3 Å². The van der Waals surface area contributed by atoms with Crippen molar-refractivity contribution >= 4 is 32.7 Å². The van der Waals surface area contributed by atoms with Crippen molar-refractivity contribution in [3.05, 3.63) is 40.4 Å². The van der Waals surface area contributed by atoms with E-state index < -0.39 is 17.2 Å². The number of rotatable bonds is 1. The fourth-order valence-electron chi connectivity index (χ4n) is 3.98. The third-order valence-corrected chi connectivity index (χ3v) is 5.51. The summed E-state index contributed by atoms with van der Waals surface area (Å²) < 4.78 is 11.7. The number of aliphatic hydroxyl groups is 1. The van der Waals surface area contributed by atoms with E-state index >= 15 is 0 Å². The van der Waals surface area contributed by atoms with Gasteiger partial charge in [0, 0.05) is 12.0 Å². The van der Waals surface area contributed by atoms with Crippen LogP contribution in [0.4, 0.5) is 0 Å². The Labute approximate surface area is 136 Å². The second kappa shape index (κ2) is 4.46. The maximum Gasteiger partial charge on any atom is 0.323 e. The molecule has 2 aliphatic rings. The third-order valence-electron chi connectivity index (χ3n) is 4.92. The van der Waals surface area contributed by atoms with Gasteiger partial charge in [0.15, 0.2) is 5.41 Å². The number of carbonyl (C=O) groups is 1. The van der Waals surface area contributed by atoms with E-state index in [2.05, 4.69) is 15.9 Å². The summed E-state index contributed by atoms with van der Waals surface area (Å²) in [5.41, 5.74) is -0.412. The fourth-order valence-corrected chi connectivity index (χ4v) is 4.51. The summed E-state index contributed by atoms with van der Waals surface area (Å²) in [5, 5.41) is 13.0. The normalized spacial score (nSPS) is 29.0. The van der Waals surface area contributed by atoms with Crippen LogP contribution in [0, 0.1) is 0 Å². The molecule has 0 aromatic heterocycles. The molecule has 1 heterocycles. The van der Waals surface area contributed by atoms with E-state index in [4.69, 9.17) is 9.47 Å². The van der Waals surface area contributed by atoms with Gasteiger partial charge in [-0.15, -0.1) is 0 Å². The van der Waals surface area contributed by atoms with Crippen molar-refractivity contribution < 1.29 is 19.4 Å². The first kappa shape index (κ1) is 14.0. The molecule has 0 saturated heterocycles. The molecule has 114 valence electrons. The largest absolute Gasteiger partial charge is 0.468 e. The van der Waals surface area contributed by atoms with E-state index in [0.29, 0.717) is 25.0 Å². The monoisotopic (exact) mass is 362 g/mol. The molecular formula is C17H15BrO4. The van der Waals surface area contributed by atoms with Gasteiger partial charge in [-0.1, -0.05) is 24.3 Å². The van der Waals surface area contributed by atoms with Crippen molar-refractivity contribution in [1.29, 1.82) is 0 Å². The zero-order valence-electron chi connectivity index (χ0n) is 12.1. The first-order valence-electron chi connectivity index (χ1n) is 7.25. The lowest BCUT2D eigenvalue weighted by molar-refractivity contribution is -0.185. The van der Waals surface area contributed by atoms with Gasteiger partial charge >= 0.3 is 5.97 Å². The predicted octanol–water partition coefficient (Wildman–Crippen LogP) is 3.28. The number of halogens is 1. The van der Waals surface area contributed by atoms with Gasteiger partial charge in [-0.25, -0.2) is 0 Å². The number of benzene rings is 2. The molecule has 1 saturated carbocycles. The summed E-state index contributed by atoms with van der Waals surface area (Å²) in [5.74, 6) is -1.42. The molecule has 0 bridgehead atoms. The minimum atomic E-state index is -1.53. The minimum absolute atomic E-state index is 0.414. The summed E-state index contributed by atoms with van der Waals surface area (Å²) in [6.45, 7) is 0. The molecule has 1 N–H and O–H groups in total. The van der Waals surface area contributed by atoms with E-state index in [9.17, 15) is 9.90 Å². The van der Waals surface area contributed by atoms with E-state index in [1.54, 1.807) is 0 Å². The summed E-state index contributed by atoms with van der Waals surface area (Å²) in [4.78, 5) is 12.7. The summed E-state index contributed by atoms with van der Waals surface area (Å²) in [6, 6.07) is 9.76. The van der Waals surface area contributed by atoms with Gasteiger partial charge in [0.1, 0.15) is 5.75 Å². The molecule has 0 amide bonds. The quantitative estimate of drug-likeness (QED) is 0.791. The first-order chi connectivity index (χ1) is 10.5. The molecule has 2 aromatic carbocycles. The molecule has 5 heteroatoms. The molecule has 4 nitrogen and oxygen atoms in total. The van der Waals surface area contributed by atoms with Crippen LogP contribution in [0.3, 0.4) is 0 Å². The number of methoxy groups -OCH3 is 1. The molecule has 1 fully saturated rings. The molecule has 2 aromatic rings. The smallest absolute Gasteiger partial charge is 0.323 e. The van der Waals surface area contributed by atoms with Crippen molar-refractivity contribution in [3.63, 3.8) is 0 Å². The van der Waals surface area contributed by atoms with Crippen LogP contribution >= 0.6 is 15.9 Å². The second-order valence-electron chi connectivity index (χ2n) is 5.92. The lowest BCUT2D eigenvalue weighted by atomic mass is 9.74.